The van der Waals surface area contributed by atoms with Gasteiger partial charge < -0.3 is 10.1 Å². The Morgan fingerprint density at radius 3 is 2.26 bits per heavy atom. The topological polar surface area (TPSA) is 55.4 Å². The van der Waals surface area contributed by atoms with Crippen LogP contribution in [0.3, 0.4) is 0 Å². The molecule has 0 aliphatic carbocycles. The number of amides is 1. The molecule has 0 aliphatic rings. The number of halogens is 2. The van der Waals surface area contributed by atoms with E-state index in [0.717, 1.165) is 11.1 Å². The van der Waals surface area contributed by atoms with E-state index < -0.39 is 11.9 Å². The number of benzene rings is 2. The van der Waals surface area contributed by atoms with Crippen molar-refractivity contribution in [2.24, 2.45) is 0 Å². The van der Waals surface area contributed by atoms with E-state index in [1.165, 1.54) is 12.1 Å². The zero-order valence-corrected chi connectivity index (χ0v) is 13.0. The second-order valence-electron chi connectivity index (χ2n) is 4.87. The highest BCUT2D eigenvalue weighted by Gasteiger charge is 2.08. The molecule has 0 aromatic heterocycles. The summed E-state index contributed by atoms with van der Waals surface area (Å²) in [4.78, 5) is 23.2. The van der Waals surface area contributed by atoms with E-state index in [2.05, 4.69) is 5.32 Å². The molecule has 0 atom stereocenters. The van der Waals surface area contributed by atoms with E-state index in [-0.39, 0.29) is 25.4 Å². The highest BCUT2D eigenvalue weighted by molar-refractivity contribution is 6.30. The Balaban J connectivity index is 1.70. The molecule has 4 nitrogen and oxygen atoms in total. The molecule has 1 amide bonds. The number of carbonyl (C=O) groups is 2. The van der Waals surface area contributed by atoms with E-state index in [1.54, 1.807) is 36.4 Å². The minimum absolute atomic E-state index is 0.0718. The molecular weight excluding hydrogens is 321 g/mol. The van der Waals surface area contributed by atoms with Crippen LogP contribution in [-0.2, 0) is 27.3 Å². The normalized spacial score (nSPS) is 10.2. The van der Waals surface area contributed by atoms with Gasteiger partial charge >= 0.3 is 5.97 Å². The molecule has 0 saturated heterocycles. The van der Waals surface area contributed by atoms with Crippen molar-refractivity contribution in [3.63, 3.8) is 0 Å². The largest absolute Gasteiger partial charge is 0.455 e. The first-order valence-electron chi connectivity index (χ1n) is 6.94. The fraction of sp³-hybridized carbons (Fsp3) is 0.176. The van der Waals surface area contributed by atoms with Crippen LogP contribution in [0.25, 0.3) is 0 Å². The van der Waals surface area contributed by atoms with E-state index in [9.17, 15) is 14.0 Å². The molecule has 2 aromatic carbocycles. The molecule has 2 aromatic rings. The van der Waals surface area contributed by atoms with Gasteiger partial charge in [-0.15, -0.1) is 0 Å². The van der Waals surface area contributed by atoms with E-state index in [1.807, 2.05) is 0 Å². The average Bonchev–Trinajstić information content (AvgIpc) is 2.54. The monoisotopic (exact) mass is 335 g/mol. The number of ether oxygens (including phenoxy) is 1. The fourth-order valence-corrected chi connectivity index (χ4v) is 1.95. The number of hydrogen-bond donors (Lipinski definition) is 1. The highest BCUT2D eigenvalue weighted by Crippen LogP contribution is 2.10. The maximum atomic E-state index is 12.7. The van der Waals surface area contributed by atoms with Crippen LogP contribution in [0.2, 0.25) is 5.02 Å². The van der Waals surface area contributed by atoms with Crippen molar-refractivity contribution < 1.29 is 18.7 Å². The molecule has 0 fully saturated rings. The SMILES string of the molecule is O=C(COC(=O)Cc1ccc(Cl)cc1)NCc1ccc(F)cc1. The molecular formula is C17H15ClFNO3. The van der Waals surface area contributed by atoms with Crippen molar-refractivity contribution in [2.75, 3.05) is 6.61 Å². The summed E-state index contributed by atoms with van der Waals surface area (Å²) in [5, 5.41) is 3.17. The molecule has 0 aliphatic heterocycles. The minimum atomic E-state index is -0.496. The zero-order chi connectivity index (χ0) is 16.7. The van der Waals surface area contributed by atoms with Crippen LogP contribution in [0.5, 0.6) is 0 Å². The maximum Gasteiger partial charge on any atom is 0.310 e. The Labute approximate surface area is 138 Å². The maximum absolute atomic E-state index is 12.7. The lowest BCUT2D eigenvalue weighted by atomic mass is 10.1. The summed E-state index contributed by atoms with van der Waals surface area (Å²) in [6.45, 7) is -0.110. The Hall–Kier alpha value is -2.40. The van der Waals surface area contributed by atoms with Crippen LogP contribution in [-0.4, -0.2) is 18.5 Å². The Morgan fingerprint density at radius 1 is 1.00 bits per heavy atom. The van der Waals surface area contributed by atoms with Gasteiger partial charge in [0, 0.05) is 11.6 Å². The standard InChI is InChI=1S/C17H15ClFNO3/c18-14-5-1-12(2-6-14)9-17(22)23-11-16(21)20-10-13-3-7-15(19)8-4-13/h1-8H,9-11H2,(H,20,21). The molecule has 0 unspecified atom stereocenters. The van der Waals surface area contributed by atoms with Crippen LogP contribution in [0.1, 0.15) is 11.1 Å². The molecule has 2 rings (SSSR count). The van der Waals surface area contributed by atoms with Gasteiger partial charge in [0.15, 0.2) is 6.61 Å². The van der Waals surface area contributed by atoms with Crippen LogP contribution in [0, 0.1) is 5.82 Å². The first kappa shape index (κ1) is 17.0. The van der Waals surface area contributed by atoms with Gasteiger partial charge in [0.1, 0.15) is 5.82 Å². The van der Waals surface area contributed by atoms with Gasteiger partial charge in [-0.2, -0.15) is 0 Å². The first-order valence-corrected chi connectivity index (χ1v) is 7.32. The van der Waals surface area contributed by atoms with E-state index in [4.69, 9.17) is 16.3 Å². The van der Waals surface area contributed by atoms with Crippen molar-refractivity contribution in [1.82, 2.24) is 5.32 Å². The number of nitrogens with one attached hydrogen (secondary N) is 1. The van der Waals surface area contributed by atoms with Crippen LogP contribution in [0.15, 0.2) is 48.5 Å². The lowest BCUT2D eigenvalue weighted by Gasteiger charge is -2.07. The van der Waals surface area contributed by atoms with Gasteiger partial charge in [-0.25, -0.2) is 4.39 Å². The summed E-state index contributed by atoms with van der Waals surface area (Å²) in [5.41, 5.74) is 1.51. The first-order chi connectivity index (χ1) is 11.0. The van der Waals surface area contributed by atoms with Crippen LogP contribution < -0.4 is 5.32 Å². The van der Waals surface area contributed by atoms with Crippen molar-refractivity contribution in [2.45, 2.75) is 13.0 Å². The number of esters is 1. The van der Waals surface area contributed by atoms with Crippen molar-refractivity contribution in [1.29, 1.82) is 0 Å². The van der Waals surface area contributed by atoms with Crippen molar-refractivity contribution >= 4 is 23.5 Å². The fourth-order valence-electron chi connectivity index (χ4n) is 1.82. The molecule has 0 saturated carbocycles. The summed E-state index contributed by atoms with van der Waals surface area (Å²) in [6, 6.07) is 12.6. The highest BCUT2D eigenvalue weighted by atomic mass is 35.5. The molecule has 0 radical (unpaired) electrons. The summed E-state index contributed by atoms with van der Waals surface area (Å²) in [5.74, 6) is -1.25. The summed E-state index contributed by atoms with van der Waals surface area (Å²) < 4.78 is 17.6. The Morgan fingerprint density at radius 2 is 1.61 bits per heavy atom. The summed E-state index contributed by atoms with van der Waals surface area (Å²) >= 11 is 5.75. The molecule has 120 valence electrons. The second kappa shape index (κ2) is 8.29. The second-order valence-corrected chi connectivity index (χ2v) is 5.30. The minimum Gasteiger partial charge on any atom is -0.455 e. The molecule has 0 bridgehead atoms. The van der Waals surface area contributed by atoms with Gasteiger partial charge in [0.05, 0.1) is 6.42 Å². The van der Waals surface area contributed by atoms with E-state index in [0.29, 0.717) is 5.02 Å². The Kier molecular flexibility index (Phi) is 6.11. The van der Waals surface area contributed by atoms with E-state index >= 15 is 0 Å². The third-order valence-electron chi connectivity index (χ3n) is 3.03. The summed E-state index contributed by atoms with van der Waals surface area (Å²) in [6.07, 6.45) is 0.0718. The quantitative estimate of drug-likeness (QED) is 0.826. The number of carbonyl (C=O) groups excluding carboxylic acids is 2. The van der Waals surface area contributed by atoms with Crippen molar-refractivity contribution in [3.05, 3.63) is 70.5 Å². The lowest BCUT2D eigenvalue weighted by Crippen LogP contribution is -2.28. The predicted molar refractivity (Wildman–Crippen MR) is 84.4 cm³/mol. The molecule has 0 heterocycles. The van der Waals surface area contributed by atoms with Crippen molar-refractivity contribution in [3.8, 4) is 0 Å². The zero-order valence-electron chi connectivity index (χ0n) is 12.2. The molecule has 0 spiro atoms. The van der Waals surface area contributed by atoms with Gasteiger partial charge in [-0.05, 0) is 35.4 Å². The van der Waals surface area contributed by atoms with Gasteiger partial charge in [0.2, 0.25) is 0 Å². The van der Waals surface area contributed by atoms with Crippen LogP contribution in [0.4, 0.5) is 4.39 Å². The third kappa shape index (κ3) is 6.08. The third-order valence-corrected chi connectivity index (χ3v) is 3.28. The molecule has 1 N–H and O–H groups in total. The molecule has 6 heteroatoms. The van der Waals surface area contributed by atoms with Gasteiger partial charge in [-0.1, -0.05) is 35.9 Å². The number of rotatable bonds is 6. The smallest absolute Gasteiger partial charge is 0.310 e. The summed E-state index contributed by atoms with van der Waals surface area (Å²) in [7, 11) is 0. The van der Waals surface area contributed by atoms with Gasteiger partial charge in [-0.3, -0.25) is 9.59 Å². The predicted octanol–water partition coefficient (Wildman–Crippen LogP) is 2.88. The van der Waals surface area contributed by atoms with Crippen LogP contribution >= 0.6 is 11.6 Å². The van der Waals surface area contributed by atoms with Gasteiger partial charge in [0.25, 0.3) is 5.91 Å². The lowest BCUT2D eigenvalue weighted by molar-refractivity contribution is -0.147. The average molecular weight is 336 g/mol. The molecule has 23 heavy (non-hydrogen) atoms. The number of hydrogen-bond acceptors (Lipinski definition) is 3. The Bertz CT molecular complexity index is 671.